The molecule has 0 unspecified atom stereocenters. The number of aromatic nitrogens is 1. The highest BCUT2D eigenvalue weighted by atomic mass is 16.2. The zero-order valence-corrected chi connectivity index (χ0v) is 15.8. The monoisotopic (exact) mass is 366 g/mol. The van der Waals surface area contributed by atoms with E-state index in [1.807, 2.05) is 35.2 Å². The quantitative estimate of drug-likeness (QED) is 0.782. The third kappa shape index (κ3) is 5.62. The number of hydrogen-bond donors (Lipinski definition) is 0. The molecule has 6 nitrogen and oxygen atoms in total. The van der Waals surface area contributed by atoms with Crippen molar-refractivity contribution in [1.82, 2.24) is 19.7 Å². The van der Waals surface area contributed by atoms with Gasteiger partial charge in [-0.3, -0.25) is 19.5 Å². The van der Waals surface area contributed by atoms with Crippen LogP contribution in [0.3, 0.4) is 0 Å². The van der Waals surface area contributed by atoms with Gasteiger partial charge in [0.25, 0.3) is 0 Å². The average Bonchev–Trinajstić information content (AvgIpc) is 2.69. The summed E-state index contributed by atoms with van der Waals surface area (Å²) in [5, 5.41) is 0. The second-order valence-electron chi connectivity index (χ2n) is 6.88. The third-order valence-electron chi connectivity index (χ3n) is 4.84. The molecule has 0 saturated carbocycles. The standard InChI is InChI=1S/C21H26N4O2/c1-18(26)25(16-20-8-5-9-22-14-20)17-21(27)24-12-10-23(11-13-24)15-19-6-3-2-4-7-19/h2-9,14H,10-13,15-17H2,1H3. The van der Waals surface area contributed by atoms with Gasteiger partial charge in [0, 0.05) is 58.6 Å². The molecule has 1 aliphatic rings. The van der Waals surface area contributed by atoms with E-state index in [9.17, 15) is 9.59 Å². The molecular weight excluding hydrogens is 340 g/mol. The summed E-state index contributed by atoms with van der Waals surface area (Å²) in [6, 6.07) is 14.1. The van der Waals surface area contributed by atoms with Crippen LogP contribution in [0.2, 0.25) is 0 Å². The van der Waals surface area contributed by atoms with Gasteiger partial charge in [-0.05, 0) is 17.2 Å². The maximum atomic E-state index is 12.7. The summed E-state index contributed by atoms with van der Waals surface area (Å²) in [7, 11) is 0. The van der Waals surface area contributed by atoms with Crippen molar-refractivity contribution in [3.05, 3.63) is 66.0 Å². The van der Waals surface area contributed by atoms with Crippen LogP contribution < -0.4 is 0 Å². The first kappa shape index (κ1) is 19.0. The number of rotatable bonds is 6. The smallest absolute Gasteiger partial charge is 0.242 e. The molecule has 6 heteroatoms. The molecule has 0 bridgehead atoms. The summed E-state index contributed by atoms with van der Waals surface area (Å²) in [5.74, 6) is -0.0941. The van der Waals surface area contributed by atoms with Gasteiger partial charge in [-0.25, -0.2) is 0 Å². The molecular formula is C21H26N4O2. The van der Waals surface area contributed by atoms with E-state index >= 15 is 0 Å². The fourth-order valence-electron chi connectivity index (χ4n) is 3.25. The molecule has 1 aromatic heterocycles. The van der Waals surface area contributed by atoms with Gasteiger partial charge in [0.1, 0.15) is 6.54 Å². The average molecular weight is 366 g/mol. The zero-order chi connectivity index (χ0) is 19.1. The van der Waals surface area contributed by atoms with Crippen LogP contribution in [0.4, 0.5) is 0 Å². The highest BCUT2D eigenvalue weighted by Gasteiger charge is 2.23. The SMILES string of the molecule is CC(=O)N(CC(=O)N1CCN(Cc2ccccc2)CC1)Cc1cccnc1. The minimum atomic E-state index is -0.102. The Balaban J connectivity index is 1.49. The van der Waals surface area contributed by atoms with Crippen LogP contribution in [0.5, 0.6) is 0 Å². The number of benzene rings is 1. The lowest BCUT2D eigenvalue weighted by molar-refractivity contribution is -0.141. The van der Waals surface area contributed by atoms with Gasteiger partial charge in [-0.2, -0.15) is 0 Å². The molecule has 0 N–H and O–H groups in total. The number of carbonyl (C=O) groups is 2. The normalized spacial score (nSPS) is 14.8. The van der Waals surface area contributed by atoms with E-state index in [0.717, 1.165) is 25.2 Å². The van der Waals surface area contributed by atoms with Crippen LogP contribution in [-0.4, -0.2) is 64.2 Å². The van der Waals surface area contributed by atoms with Crippen LogP contribution in [0.25, 0.3) is 0 Å². The van der Waals surface area contributed by atoms with Gasteiger partial charge in [0.2, 0.25) is 11.8 Å². The molecule has 0 radical (unpaired) electrons. The molecule has 2 heterocycles. The molecule has 0 spiro atoms. The summed E-state index contributed by atoms with van der Waals surface area (Å²) in [5.41, 5.74) is 2.21. The van der Waals surface area contributed by atoms with Crippen molar-refractivity contribution in [2.75, 3.05) is 32.7 Å². The highest BCUT2D eigenvalue weighted by Crippen LogP contribution is 2.10. The van der Waals surface area contributed by atoms with Crippen molar-refractivity contribution in [2.24, 2.45) is 0 Å². The van der Waals surface area contributed by atoms with Gasteiger partial charge in [-0.1, -0.05) is 36.4 Å². The molecule has 1 aliphatic heterocycles. The summed E-state index contributed by atoms with van der Waals surface area (Å²) in [6.07, 6.45) is 3.42. The number of nitrogens with zero attached hydrogens (tertiary/aromatic N) is 4. The Kier molecular flexibility index (Phi) is 6.54. The fraction of sp³-hybridized carbons (Fsp3) is 0.381. The Morgan fingerprint density at radius 3 is 2.33 bits per heavy atom. The lowest BCUT2D eigenvalue weighted by atomic mass is 10.2. The Morgan fingerprint density at radius 2 is 1.70 bits per heavy atom. The van der Waals surface area contributed by atoms with Crippen LogP contribution in [0.15, 0.2) is 54.9 Å². The van der Waals surface area contributed by atoms with Gasteiger partial charge >= 0.3 is 0 Å². The fourth-order valence-corrected chi connectivity index (χ4v) is 3.25. The van der Waals surface area contributed by atoms with Crippen molar-refractivity contribution in [3.63, 3.8) is 0 Å². The van der Waals surface area contributed by atoms with Crippen molar-refractivity contribution < 1.29 is 9.59 Å². The van der Waals surface area contributed by atoms with Gasteiger partial charge in [0.15, 0.2) is 0 Å². The minimum Gasteiger partial charge on any atom is -0.339 e. The van der Waals surface area contributed by atoms with Crippen molar-refractivity contribution in [3.8, 4) is 0 Å². The van der Waals surface area contributed by atoms with Gasteiger partial charge < -0.3 is 9.80 Å². The second-order valence-corrected chi connectivity index (χ2v) is 6.88. The van der Waals surface area contributed by atoms with Crippen LogP contribution in [0.1, 0.15) is 18.1 Å². The maximum Gasteiger partial charge on any atom is 0.242 e. The number of carbonyl (C=O) groups excluding carboxylic acids is 2. The number of pyridine rings is 1. The Bertz CT molecular complexity index is 743. The predicted molar refractivity (Wildman–Crippen MR) is 104 cm³/mol. The third-order valence-corrected chi connectivity index (χ3v) is 4.84. The van der Waals surface area contributed by atoms with Crippen LogP contribution >= 0.6 is 0 Å². The Labute approximate surface area is 160 Å². The first-order chi connectivity index (χ1) is 13.1. The first-order valence-corrected chi connectivity index (χ1v) is 9.30. The van der Waals surface area contributed by atoms with Crippen LogP contribution in [-0.2, 0) is 22.7 Å². The highest BCUT2D eigenvalue weighted by molar-refractivity contribution is 5.83. The van der Waals surface area contributed by atoms with E-state index in [4.69, 9.17) is 0 Å². The molecule has 1 saturated heterocycles. The zero-order valence-electron chi connectivity index (χ0n) is 15.8. The van der Waals surface area contributed by atoms with Gasteiger partial charge in [-0.15, -0.1) is 0 Å². The second kappa shape index (κ2) is 9.28. The molecule has 0 atom stereocenters. The lowest BCUT2D eigenvalue weighted by Crippen LogP contribution is -2.51. The largest absolute Gasteiger partial charge is 0.339 e. The first-order valence-electron chi connectivity index (χ1n) is 9.30. The molecule has 2 amide bonds. The Hall–Kier alpha value is -2.73. The molecule has 27 heavy (non-hydrogen) atoms. The van der Waals surface area contributed by atoms with E-state index in [1.54, 1.807) is 17.3 Å². The maximum absolute atomic E-state index is 12.7. The van der Waals surface area contributed by atoms with E-state index in [0.29, 0.717) is 19.6 Å². The molecule has 0 aliphatic carbocycles. The molecule has 1 aromatic carbocycles. The van der Waals surface area contributed by atoms with E-state index in [2.05, 4.69) is 22.0 Å². The lowest BCUT2D eigenvalue weighted by Gasteiger charge is -2.35. The van der Waals surface area contributed by atoms with Crippen LogP contribution in [0, 0.1) is 0 Å². The number of hydrogen-bond acceptors (Lipinski definition) is 4. The molecule has 2 aromatic rings. The molecule has 1 fully saturated rings. The van der Waals surface area contributed by atoms with Crippen molar-refractivity contribution in [2.45, 2.75) is 20.0 Å². The van der Waals surface area contributed by atoms with Crippen molar-refractivity contribution >= 4 is 11.8 Å². The molecule has 142 valence electrons. The predicted octanol–water partition coefficient (Wildman–Crippen LogP) is 1.77. The topological polar surface area (TPSA) is 56.8 Å². The minimum absolute atomic E-state index is 0.00783. The summed E-state index contributed by atoms with van der Waals surface area (Å²) < 4.78 is 0. The van der Waals surface area contributed by atoms with E-state index in [1.165, 1.54) is 12.5 Å². The summed E-state index contributed by atoms with van der Waals surface area (Å²) >= 11 is 0. The number of piperazine rings is 1. The Morgan fingerprint density at radius 1 is 1.00 bits per heavy atom. The number of amides is 2. The van der Waals surface area contributed by atoms with E-state index in [-0.39, 0.29) is 18.4 Å². The van der Waals surface area contributed by atoms with Gasteiger partial charge in [0.05, 0.1) is 0 Å². The van der Waals surface area contributed by atoms with E-state index < -0.39 is 0 Å². The summed E-state index contributed by atoms with van der Waals surface area (Å²) in [6.45, 7) is 6.03. The molecule has 3 rings (SSSR count). The summed E-state index contributed by atoms with van der Waals surface area (Å²) in [4.78, 5) is 34.5. The van der Waals surface area contributed by atoms with Crippen molar-refractivity contribution in [1.29, 1.82) is 0 Å².